The highest BCUT2D eigenvalue weighted by molar-refractivity contribution is 6.01. The van der Waals surface area contributed by atoms with Crippen molar-refractivity contribution in [3.05, 3.63) is 58.7 Å². The Morgan fingerprint density at radius 3 is 2.29 bits per heavy atom. The third kappa shape index (κ3) is 4.16. The van der Waals surface area contributed by atoms with Crippen LogP contribution in [0.3, 0.4) is 0 Å². The Kier molecular flexibility index (Phi) is 6.69. The predicted molar refractivity (Wildman–Crippen MR) is 134 cm³/mol. The molecule has 2 aromatic rings. The molecule has 2 aromatic carbocycles. The minimum atomic E-state index is -0.441. The highest BCUT2D eigenvalue weighted by Crippen LogP contribution is 2.49. The van der Waals surface area contributed by atoms with Crippen LogP contribution in [0.5, 0.6) is 11.5 Å². The Labute approximate surface area is 207 Å². The lowest BCUT2D eigenvalue weighted by molar-refractivity contribution is -0.136. The maximum atomic E-state index is 14.2. The van der Waals surface area contributed by atoms with Crippen LogP contribution in [0.15, 0.2) is 36.4 Å². The van der Waals surface area contributed by atoms with Gasteiger partial charge < -0.3 is 24.2 Å². The monoisotopic (exact) mass is 477 g/mol. The molecule has 0 bridgehead atoms. The smallest absolute Gasteiger partial charge is 0.254 e. The number of carbonyl (C=O) groups excluding carboxylic acids is 2. The first-order valence-corrected chi connectivity index (χ1v) is 12.9. The maximum absolute atomic E-state index is 14.2. The van der Waals surface area contributed by atoms with Gasteiger partial charge in [0.2, 0.25) is 5.91 Å². The van der Waals surface area contributed by atoms with E-state index in [4.69, 9.17) is 9.47 Å². The van der Waals surface area contributed by atoms with Crippen molar-refractivity contribution in [2.45, 2.75) is 39.2 Å². The first-order valence-electron chi connectivity index (χ1n) is 12.9. The first-order chi connectivity index (χ1) is 17.1. The van der Waals surface area contributed by atoms with Crippen molar-refractivity contribution in [2.75, 3.05) is 52.5 Å². The van der Waals surface area contributed by atoms with E-state index in [1.807, 2.05) is 60.0 Å². The summed E-state index contributed by atoms with van der Waals surface area (Å²) in [4.78, 5) is 34.1. The summed E-state index contributed by atoms with van der Waals surface area (Å²) in [5, 5.41) is 0. The molecule has 7 heteroatoms. The summed E-state index contributed by atoms with van der Waals surface area (Å²) in [7, 11) is 0. The highest BCUT2D eigenvalue weighted by atomic mass is 16.5. The second-order valence-electron chi connectivity index (χ2n) is 9.38. The van der Waals surface area contributed by atoms with E-state index in [1.54, 1.807) is 0 Å². The molecule has 0 aromatic heterocycles. The SMILES string of the molecule is CCOc1cc2c(cc1OCC)[C@H]1[C@H](C(=O)N3CCN(CC)CC3)c3ccccc3C(=O)N1CC2. The molecule has 3 heterocycles. The Morgan fingerprint density at radius 2 is 1.60 bits per heavy atom. The first kappa shape index (κ1) is 23.7. The molecule has 1 saturated heterocycles. The third-order valence-corrected chi connectivity index (χ3v) is 7.58. The van der Waals surface area contributed by atoms with Gasteiger partial charge in [-0.25, -0.2) is 0 Å². The fraction of sp³-hybridized carbons (Fsp3) is 0.500. The molecule has 35 heavy (non-hydrogen) atoms. The topological polar surface area (TPSA) is 62.3 Å². The summed E-state index contributed by atoms with van der Waals surface area (Å²) >= 11 is 0. The fourth-order valence-electron chi connectivity index (χ4n) is 5.82. The Morgan fingerprint density at radius 1 is 0.914 bits per heavy atom. The van der Waals surface area contributed by atoms with Crippen molar-refractivity contribution < 1.29 is 19.1 Å². The number of hydrogen-bond acceptors (Lipinski definition) is 5. The largest absolute Gasteiger partial charge is 0.490 e. The van der Waals surface area contributed by atoms with Crippen molar-refractivity contribution in [1.29, 1.82) is 0 Å². The molecular weight excluding hydrogens is 442 g/mol. The Bertz CT molecular complexity index is 1110. The highest BCUT2D eigenvalue weighted by Gasteiger charge is 2.48. The number of hydrogen-bond donors (Lipinski definition) is 0. The molecule has 0 N–H and O–H groups in total. The van der Waals surface area contributed by atoms with Gasteiger partial charge in [-0.1, -0.05) is 25.1 Å². The van der Waals surface area contributed by atoms with Gasteiger partial charge in [-0.2, -0.15) is 0 Å². The van der Waals surface area contributed by atoms with Crippen LogP contribution in [0.1, 0.15) is 59.8 Å². The van der Waals surface area contributed by atoms with E-state index in [9.17, 15) is 9.59 Å². The zero-order chi connectivity index (χ0) is 24.5. The van der Waals surface area contributed by atoms with Crippen molar-refractivity contribution >= 4 is 11.8 Å². The number of amides is 2. The fourth-order valence-corrected chi connectivity index (χ4v) is 5.82. The molecule has 1 fully saturated rings. The molecule has 0 aliphatic carbocycles. The normalized spacial score (nSPS) is 21.7. The number of fused-ring (bicyclic) bond motifs is 4. The molecule has 3 aliphatic rings. The summed E-state index contributed by atoms with van der Waals surface area (Å²) in [5.74, 6) is 1.06. The van der Waals surface area contributed by atoms with E-state index in [0.717, 1.165) is 48.5 Å². The van der Waals surface area contributed by atoms with Gasteiger partial charge >= 0.3 is 0 Å². The summed E-state index contributed by atoms with van der Waals surface area (Å²) in [6, 6.07) is 11.4. The molecule has 186 valence electrons. The molecule has 3 aliphatic heterocycles. The van der Waals surface area contributed by atoms with Crippen molar-refractivity contribution in [1.82, 2.24) is 14.7 Å². The van der Waals surface area contributed by atoms with E-state index in [-0.39, 0.29) is 17.9 Å². The number of ether oxygens (including phenoxy) is 2. The molecule has 0 radical (unpaired) electrons. The van der Waals surface area contributed by atoms with Crippen LogP contribution >= 0.6 is 0 Å². The molecule has 2 atom stereocenters. The predicted octanol–water partition coefficient (Wildman–Crippen LogP) is 3.48. The summed E-state index contributed by atoms with van der Waals surface area (Å²) in [5.41, 5.74) is 3.60. The van der Waals surface area contributed by atoms with Gasteiger partial charge in [0.1, 0.15) is 0 Å². The number of likely N-dealkylation sites (N-methyl/N-ethyl adjacent to an activating group) is 1. The number of rotatable bonds is 6. The van der Waals surface area contributed by atoms with E-state index >= 15 is 0 Å². The van der Waals surface area contributed by atoms with E-state index in [1.165, 1.54) is 0 Å². The van der Waals surface area contributed by atoms with Crippen LogP contribution in [-0.4, -0.2) is 79.0 Å². The lowest BCUT2D eigenvalue weighted by Crippen LogP contribution is -2.54. The summed E-state index contributed by atoms with van der Waals surface area (Å²) in [6.45, 7) is 11.9. The van der Waals surface area contributed by atoms with Crippen LogP contribution in [0.25, 0.3) is 0 Å². The number of nitrogens with zero attached hydrogens (tertiary/aromatic N) is 3. The van der Waals surface area contributed by atoms with Crippen molar-refractivity contribution in [3.63, 3.8) is 0 Å². The van der Waals surface area contributed by atoms with Crippen molar-refractivity contribution in [2.24, 2.45) is 0 Å². The molecule has 0 unspecified atom stereocenters. The Balaban J connectivity index is 1.61. The number of benzene rings is 2. The second-order valence-corrected chi connectivity index (χ2v) is 9.38. The summed E-state index contributed by atoms with van der Waals surface area (Å²) < 4.78 is 11.8. The van der Waals surface area contributed by atoms with Gasteiger partial charge in [0, 0.05) is 38.3 Å². The van der Waals surface area contributed by atoms with Crippen molar-refractivity contribution in [3.8, 4) is 11.5 Å². The quantitative estimate of drug-likeness (QED) is 0.638. The lowest BCUT2D eigenvalue weighted by Gasteiger charge is -2.47. The molecule has 0 saturated carbocycles. The molecular formula is C28H35N3O4. The van der Waals surface area contributed by atoms with Crippen LogP contribution in [0.4, 0.5) is 0 Å². The second kappa shape index (κ2) is 9.90. The minimum Gasteiger partial charge on any atom is -0.490 e. The average Bonchev–Trinajstić information content (AvgIpc) is 2.89. The summed E-state index contributed by atoms with van der Waals surface area (Å²) in [6.07, 6.45) is 0.725. The number of piperazine rings is 1. The molecule has 7 nitrogen and oxygen atoms in total. The molecule has 2 amide bonds. The Hall–Kier alpha value is -3.06. The average molecular weight is 478 g/mol. The van der Waals surface area contributed by atoms with Crippen LogP contribution in [-0.2, 0) is 11.2 Å². The zero-order valence-corrected chi connectivity index (χ0v) is 21.0. The van der Waals surface area contributed by atoms with Gasteiger partial charge in [0.25, 0.3) is 5.91 Å². The van der Waals surface area contributed by atoms with Crippen LogP contribution in [0.2, 0.25) is 0 Å². The molecule has 5 rings (SSSR count). The van der Waals surface area contributed by atoms with E-state index in [0.29, 0.717) is 44.2 Å². The third-order valence-electron chi connectivity index (χ3n) is 7.58. The minimum absolute atomic E-state index is 0.00273. The maximum Gasteiger partial charge on any atom is 0.254 e. The molecule has 0 spiro atoms. The lowest BCUT2D eigenvalue weighted by atomic mass is 9.75. The van der Waals surface area contributed by atoms with Gasteiger partial charge in [0.05, 0.1) is 25.2 Å². The zero-order valence-electron chi connectivity index (χ0n) is 21.0. The van der Waals surface area contributed by atoms with Gasteiger partial charge in [-0.15, -0.1) is 0 Å². The van der Waals surface area contributed by atoms with Crippen LogP contribution < -0.4 is 9.47 Å². The standard InChI is InChI=1S/C28H35N3O4/c1-4-29-13-15-30(16-14-29)28(33)25-20-9-7-8-10-21(20)27(32)31-12-11-19-17-23(34-5-2)24(35-6-3)18-22(19)26(25)31/h7-10,17-18,25-26H,4-6,11-16H2,1-3H3/t25-,26+/m1/s1. The van der Waals surface area contributed by atoms with Gasteiger partial charge in [-0.3, -0.25) is 9.59 Å². The number of carbonyl (C=O) groups is 2. The van der Waals surface area contributed by atoms with Crippen LogP contribution in [0, 0.1) is 0 Å². The van der Waals surface area contributed by atoms with Gasteiger partial charge in [0.15, 0.2) is 11.5 Å². The van der Waals surface area contributed by atoms with E-state index in [2.05, 4.69) is 11.8 Å². The van der Waals surface area contributed by atoms with Gasteiger partial charge in [-0.05, 0) is 61.7 Å². The van der Waals surface area contributed by atoms with E-state index < -0.39 is 5.92 Å².